The summed E-state index contributed by atoms with van der Waals surface area (Å²) in [6.07, 6.45) is 5.56. The van der Waals surface area contributed by atoms with Crippen LogP contribution in [-0.4, -0.2) is 25.8 Å². The second-order valence-electron chi connectivity index (χ2n) is 3.19. The van der Waals surface area contributed by atoms with E-state index in [9.17, 15) is 0 Å². The molecule has 1 saturated heterocycles. The maximum Gasteiger partial charge on any atom is 0.0699 e. The zero-order chi connectivity index (χ0) is 7.94. The number of hydrogen-bond donors (Lipinski definition) is 1. The molecule has 0 spiro atoms. The molecule has 2 nitrogen and oxygen atoms in total. The highest BCUT2D eigenvalue weighted by Crippen LogP contribution is 2.11. The molecule has 12 heavy (non-hydrogen) atoms. The monoisotopic (exact) mass is 193 g/mol. The van der Waals surface area contributed by atoms with E-state index in [-0.39, 0.29) is 12.4 Å². The molecule has 1 fully saturated rings. The lowest BCUT2D eigenvalue weighted by atomic mass is 10.1. The minimum Gasteiger partial charge on any atom is -0.377 e. The van der Waals surface area contributed by atoms with Gasteiger partial charge in [0.25, 0.3) is 0 Å². The van der Waals surface area contributed by atoms with Gasteiger partial charge < -0.3 is 10.1 Å². The van der Waals surface area contributed by atoms with Gasteiger partial charge in [0.15, 0.2) is 0 Å². The molecule has 74 valence electrons. The first-order valence-electron chi connectivity index (χ1n) is 4.76. The van der Waals surface area contributed by atoms with E-state index in [0.29, 0.717) is 6.10 Å². The highest BCUT2D eigenvalue weighted by Gasteiger charge is 2.12. The summed E-state index contributed by atoms with van der Waals surface area (Å²) in [5.41, 5.74) is 0. The number of nitrogens with one attached hydrogen (secondary N) is 1. The fourth-order valence-corrected chi connectivity index (χ4v) is 1.41. The maximum absolute atomic E-state index is 5.56. The van der Waals surface area contributed by atoms with Gasteiger partial charge in [-0.25, -0.2) is 0 Å². The van der Waals surface area contributed by atoms with Crippen LogP contribution in [0, 0.1) is 0 Å². The van der Waals surface area contributed by atoms with Crippen molar-refractivity contribution < 1.29 is 4.74 Å². The molecule has 0 bridgehead atoms. The molecule has 3 heteroatoms. The Bertz CT molecular complexity index is 94.5. The predicted molar refractivity (Wildman–Crippen MR) is 54.0 cm³/mol. The zero-order valence-electron chi connectivity index (χ0n) is 7.84. The third-order valence-electron chi connectivity index (χ3n) is 2.07. The van der Waals surface area contributed by atoms with E-state index < -0.39 is 0 Å². The molecule has 1 atom stereocenters. The van der Waals surface area contributed by atoms with Crippen LogP contribution in [0.2, 0.25) is 0 Å². The molecule has 1 aliphatic heterocycles. The Balaban J connectivity index is 0.00000121. The lowest BCUT2D eigenvalue weighted by molar-refractivity contribution is 0.0171. The van der Waals surface area contributed by atoms with Gasteiger partial charge in [0.05, 0.1) is 6.10 Å². The van der Waals surface area contributed by atoms with Crippen molar-refractivity contribution in [2.75, 3.05) is 19.7 Å². The Kier molecular flexibility index (Phi) is 7.98. The Labute approximate surface area is 81.5 Å². The van der Waals surface area contributed by atoms with Crippen molar-refractivity contribution in [3.8, 4) is 0 Å². The van der Waals surface area contributed by atoms with Crippen molar-refractivity contribution in [2.24, 2.45) is 0 Å². The van der Waals surface area contributed by atoms with Crippen molar-refractivity contribution in [2.45, 2.75) is 38.7 Å². The topological polar surface area (TPSA) is 21.3 Å². The standard InChI is InChI=1S/C9H19NO.ClH/c1-2-6-10-8-9-5-3-4-7-11-9;/h9-10H,2-8H2,1H3;1H. The molecular weight excluding hydrogens is 174 g/mol. The number of ether oxygens (including phenoxy) is 1. The van der Waals surface area contributed by atoms with Crippen molar-refractivity contribution in [1.29, 1.82) is 0 Å². The lowest BCUT2D eigenvalue weighted by Gasteiger charge is -2.22. The SMILES string of the molecule is CCCNCC1CCCCO1.Cl. The van der Waals surface area contributed by atoms with E-state index in [1.807, 2.05) is 0 Å². The number of halogens is 1. The Morgan fingerprint density at radius 2 is 2.25 bits per heavy atom. The van der Waals surface area contributed by atoms with Gasteiger partial charge in [0, 0.05) is 13.2 Å². The molecule has 0 amide bonds. The fourth-order valence-electron chi connectivity index (χ4n) is 1.41. The van der Waals surface area contributed by atoms with Crippen LogP contribution in [0.3, 0.4) is 0 Å². The van der Waals surface area contributed by atoms with Crippen LogP contribution in [0.1, 0.15) is 32.6 Å². The molecule has 0 aromatic rings. The van der Waals surface area contributed by atoms with Crippen LogP contribution >= 0.6 is 12.4 Å². The molecule has 1 heterocycles. The van der Waals surface area contributed by atoms with Gasteiger partial charge in [0.1, 0.15) is 0 Å². The van der Waals surface area contributed by atoms with Gasteiger partial charge in [0.2, 0.25) is 0 Å². The summed E-state index contributed by atoms with van der Waals surface area (Å²) in [7, 11) is 0. The molecule has 1 aliphatic rings. The molecule has 0 aromatic heterocycles. The van der Waals surface area contributed by atoms with Gasteiger partial charge in [-0.05, 0) is 32.2 Å². The molecule has 0 saturated carbocycles. The second-order valence-corrected chi connectivity index (χ2v) is 3.19. The summed E-state index contributed by atoms with van der Waals surface area (Å²) >= 11 is 0. The summed E-state index contributed by atoms with van der Waals surface area (Å²) in [6, 6.07) is 0. The van der Waals surface area contributed by atoms with Crippen LogP contribution in [0.5, 0.6) is 0 Å². The van der Waals surface area contributed by atoms with E-state index in [2.05, 4.69) is 12.2 Å². The second kappa shape index (κ2) is 7.84. The first-order valence-corrected chi connectivity index (χ1v) is 4.76. The van der Waals surface area contributed by atoms with Gasteiger partial charge in [-0.15, -0.1) is 12.4 Å². The van der Waals surface area contributed by atoms with Crippen molar-refractivity contribution in [3.63, 3.8) is 0 Å². The van der Waals surface area contributed by atoms with Crippen molar-refractivity contribution >= 4 is 12.4 Å². The summed E-state index contributed by atoms with van der Waals surface area (Å²) < 4.78 is 5.56. The summed E-state index contributed by atoms with van der Waals surface area (Å²) in [4.78, 5) is 0. The Morgan fingerprint density at radius 3 is 2.83 bits per heavy atom. The van der Waals surface area contributed by atoms with E-state index in [4.69, 9.17) is 4.74 Å². The van der Waals surface area contributed by atoms with Crippen molar-refractivity contribution in [1.82, 2.24) is 5.32 Å². The van der Waals surface area contributed by atoms with Crippen molar-refractivity contribution in [3.05, 3.63) is 0 Å². The minimum absolute atomic E-state index is 0. The third kappa shape index (κ3) is 4.96. The van der Waals surface area contributed by atoms with Gasteiger partial charge >= 0.3 is 0 Å². The van der Waals surface area contributed by atoms with E-state index in [1.54, 1.807) is 0 Å². The maximum atomic E-state index is 5.56. The van der Waals surface area contributed by atoms with E-state index in [0.717, 1.165) is 19.7 Å². The van der Waals surface area contributed by atoms with E-state index >= 15 is 0 Å². The average molecular weight is 194 g/mol. The van der Waals surface area contributed by atoms with Gasteiger partial charge in [-0.3, -0.25) is 0 Å². The highest BCUT2D eigenvalue weighted by atomic mass is 35.5. The average Bonchev–Trinajstić information content (AvgIpc) is 2.07. The van der Waals surface area contributed by atoms with Crippen LogP contribution in [0.4, 0.5) is 0 Å². The molecule has 0 radical (unpaired) electrons. The first-order chi connectivity index (χ1) is 5.43. The predicted octanol–water partition coefficient (Wildman–Crippen LogP) is 1.98. The summed E-state index contributed by atoms with van der Waals surface area (Å²) in [5, 5.41) is 3.38. The van der Waals surface area contributed by atoms with Crippen LogP contribution in [0.15, 0.2) is 0 Å². The largest absolute Gasteiger partial charge is 0.377 e. The molecule has 1 N–H and O–H groups in total. The molecule has 1 unspecified atom stereocenters. The van der Waals surface area contributed by atoms with E-state index in [1.165, 1.54) is 25.7 Å². The number of hydrogen-bond acceptors (Lipinski definition) is 2. The van der Waals surface area contributed by atoms with Gasteiger partial charge in [-0.2, -0.15) is 0 Å². The Morgan fingerprint density at radius 1 is 1.42 bits per heavy atom. The third-order valence-corrected chi connectivity index (χ3v) is 2.07. The molecule has 0 aliphatic carbocycles. The minimum atomic E-state index is 0. The van der Waals surface area contributed by atoms with Crippen LogP contribution in [0.25, 0.3) is 0 Å². The van der Waals surface area contributed by atoms with Crippen LogP contribution in [-0.2, 0) is 4.74 Å². The Hall–Kier alpha value is 0.210. The van der Waals surface area contributed by atoms with Crippen LogP contribution < -0.4 is 5.32 Å². The van der Waals surface area contributed by atoms with Gasteiger partial charge in [-0.1, -0.05) is 6.92 Å². The smallest absolute Gasteiger partial charge is 0.0699 e. The summed E-state index contributed by atoms with van der Waals surface area (Å²) in [5.74, 6) is 0. The lowest BCUT2D eigenvalue weighted by Crippen LogP contribution is -2.32. The highest BCUT2D eigenvalue weighted by molar-refractivity contribution is 5.85. The fraction of sp³-hybridized carbons (Fsp3) is 1.00. The first kappa shape index (κ1) is 12.2. The molecular formula is C9H20ClNO. The zero-order valence-corrected chi connectivity index (χ0v) is 8.66. The quantitative estimate of drug-likeness (QED) is 0.690. The summed E-state index contributed by atoms with van der Waals surface area (Å²) in [6.45, 7) is 5.33. The number of rotatable bonds is 4. The normalized spacial score (nSPS) is 23.2. The molecule has 1 rings (SSSR count). The molecule has 0 aromatic carbocycles.